The van der Waals surface area contributed by atoms with E-state index in [0.717, 1.165) is 16.6 Å². The van der Waals surface area contributed by atoms with Crippen molar-refractivity contribution in [2.75, 3.05) is 7.11 Å². The minimum atomic E-state index is 0.146. The number of aryl methyl sites for hydroxylation is 1. The molecule has 2 nitrogen and oxygen atoms in total. The van der Waals surface area contributed by atoms with Crippen LogP contribution in [-0.2, 0) is 6.42 Å². The molecule has 0 fully saturated rings. The Hall–Kier alpha value is -1.61. The summed E-state index contributed by atoms with van der Waals surface area (Å²) in [5, 5.41) is 0. The van der Waals surface area contributed by atoms with Crippen LogP contribution in [0.25, 0.3) is 0 Å². The number of benzene rings is 2. The third-order valence-corrected chi connectivity index (χ3v) is 3.58. The molecular weight excluding hydrogens is 304 g/mol. The van der Waals surface area contributed by atoms with Crippen molar-refractivity contribution in [1.29, 1.82) is 0 Å². The smallest absolute Gasteiger partial charge is 0.163 e. The van der Waals surface area contributed by atoms with E-state index in [-0.39, 0.29) is 5.78 Å². The average molecular weight is 319 g/mol. The van der Waals surface area contributed by atoms with Crippen LogP contribution >= 0.6 is 15.9 Å². The van der Waals surface area contributed by atoms with Gasteiger partial charge in [0, 0.05) is 12.0 Å². The van der Waals surface area contributed by atoms with Gasteiger partial charge in [-0.2, -0.15) is 0 Å². The zero-order valence-electron chi connectivity index (χ0n) is 10.7. The Morgan fingerprint density at radius 2 is 1.89 bits per heavy atom. The van der Waals surface area contributed by atoms with E-state index in [1.165, 1.54) is 5.56 Å². The van der Waals surface area contributed by atoms with Gasteiger partial charge >= 0.3 is 0 Å². The van der Waals surface area contributed by atoms with Crippen molar-refractivity contribution in [1.82, 2.24) is 0 Å². The second kappa shape index (κ2) is 6.53. The monoisotopic (exact) mass is 318 g/mol. The number of hydrogen-bond donors (Lipinski definition) is 0. The Labute approximate surface area is 121 Å². The normalized spacial score (nSPS) is 10.2. The Morgan fingerprint density at radius 1 is 1.16 bits per heavy atom. The minimum absolute atomic E-state index is 0.146. The average Bonchev–Trinajstić information content (AvgIpc) is 2.45. The number of carbonyl (C=O) groups excluding carboxylic acids is 1. The minimum Gasteiger partial charge on any atom is -0.496 e. The summed E-state index contributed by atoms with van der Waals surface area (Å²) < 4.78 is 5.96. The highest BCUT2D eigenvalue weighted by atomic mass is 79.9. The topological polar surface area (TPSA) is 26.3 Å². The lowest BCUT2D eigenvalue weighted by atomic mass is 10.0. The molecule has 0 unspecified atom stereocenters. The highest BCUT2D eigenvalue weighted by Crippen LogP contribution is 2.26. The van der Waals surface area contributed by atoms with Gasteiger partial charge in [0.15, 0.2) is 5.78 Å². The van der Waals surface area contributed by atoms with Gasteiger partial charge in [-0.3, -0.25) is 4.79 Å². The first kappa shape index (κ1) is 13.8. The molecule has 0 saturated heterocycles. The van der Waals surface area contributed by atoms with E-state index >= 15 is 0 Å². The third-order valence-electron chi connectivity index (χ3n) is 2.96. The van der Waals surface area contributed by atoms with Crippen LogP contribution < -0.4 is 4.74 Å². The van der Waals surface area contributed by atoms with Crippen molar-refractivity contribution >= 4 is 21.7 Å². The summed E-state index contributed by atoms with van der Waals surface area (Å²) in [6, 6.07) is 15.5. The summed E-state index contributed by atoms with van der Waals surface area (Å²) >= 11 is 3.39. The van der Waals surface area contributed by atoms with Crippen molar-refractivity contribution in [3.63, 3.8) is 0 Å². The zero-order chi connectivity index (χ0) is 13.7. The lowest BCUT2D eigenvalue weighted by Gasteiger charge is -2.06. The molecule has 0 spiro atoms. The van der Waals surface area contributed by atoms with Gasteiger partial charge in [-0.15, -0.1) is 0 Å². The van der Waals surface area contributed by atoms with Crippen LogP contribution in [0.2, 0.25) is 0 Å². The molecule has 98 valence electrons. The van der Waals surface area contributed by atoms with Gasteiger partial charge in [0.2, 0.25) is 0 Å². The SMILES string of the molecule is COc1ccc(C(=O)CCc2ccccc2)cc1Br. The van der Waals surface area contributed by atoms with Gasteiger partial charge in [-0.1, -0.05) is 30.3 Å². The molecule has 0 saturated carbocycles. The summed E-state index contributed by atoms with van der Waals surface area (Å²) in [5.74, 6) is 0.881. The van der Waals surface area contributed by atoms with Crippen LogP contribution in [0.3, 0.4) is 0 Å². The molecule has 0 aliphatic heterocycles. The summed E-state index contributed by atoms with van der Waals surface area (Å²) in [6.45, 7) is 0. The van der Waals surface area contributed by atoms with Crippen LogP contribution in [0, 0.1) is 0 Å². The van der Waals surface area contributed by atoms with E-state index in [1.807, 2.05) is 36.4 Å². The summed E-state index contributed by atoms with van der Waals surface area (Å²) in [5.41, 5.74) is 1.90. The molecule has 0 atom stereocenters. The van der Waals surface area contributed by atoms with Crippen LogP contribution in [0.4, 0.5) is 0 Å². The summed E-state index contributed by atoms with van der Waals surface area (Å²) in [7, 11) is 1.61. The van der Waals surface area contributed by atoms with E-state index < -0.39 is 0 Å². The van der Waals surface area contributed by atoms with Gasteiger partial charge < -0.3 is 4.74 Å². The fraction of sp³-hybridized carbons (Fsp3) is 0.188. The van der Waals surface area contributed by atoms with Crippen LogP contribution in [0.5, 0.6) is 5.75 Å². The highest BCUT2D eigenvalue weighted by Gasteiger charge is 2.09. The molecule has 0 aliphatic carbocycles. The molecule has 0 heterocycles. The van der Waals surface area contributed by atoms with E-state index in [9.17, 15) is 4.79 Å². The van der Waals surface area contributed by atoms with Crippen molar-refractivity contribution in [2.24, 2.45) is 0 Å². The van der Waals surface area contributed by atoms with E-state index in [1.54, 1.807) is 19.2 Å². The number of ether oxygens (including phenoxy) is 1. The van der Waals surface area contributed by atoms with E-state index in [2.05, 4.69) is 15.9 Å². The molecule has 0 aromatic heterocycles. The van der Waals surface area contributed by atoms with Crippen molar-refractivity contribution in [3.05, 3.63) is 64.1 Å². The van der Waals surface area contributed by atoms with Crippen LogP contribution in [0.15, 0.2) is 53.0 Å². The molecule has 2 rings (SSSR count). The fourth-order valence-corrected chi connectivity index (χ4v) is 2.43. The predicted octanol–water partition coefficient (Wildman–Crippen LogP) is 4.27. The first-order valence-electron chi connectivity index (χ1n) is 6.11. The van der Waals surface area contributed by atoms with Crippen molar-refractivity contribution in [2.45, 2.75) is 12.8 Å². The van der Waals surface area contributed by atoms with Gasteiger partial charge in [-0.25, -0.2) is 0 Å². The number of methoxy groups -OCH3 is 1. The van der Waals surface area contributed by atoms with Crippen LogP contribution in [-0.4, -0.2) is 12.9 Å². The first-order valence-corrected chi connectivity index (χ1v) is 6.90. The van der Waals surface area contributed by atoms with Crippen molar-refractivity contribution in [3.8, 4) is 5.75 Å². The molecule has 3 heteroatoms. The lowest BCUT2D eigenvalue weighted by molar-refractivity contribution is 0.0982. The molecule has 2 aromatic carbocycles. The standard InChI is InChI=1S/C16H15BrO2/c1-19-16-10-8-13(11-14(16)17)15(18)9-7-12-5-3-2-4-6-12/h2-6,8,10-11H,7,9H2,1H3. The number of halogens is 1. The van der Waals surface area contributed by atoms with E-state index in [4.69, 9.17) is 4.74 Å². The maximum absolute atomic E-state index is 12.1. The molecule has 0 radical (unpaired) electrons. The Bertz CT molecular complexity index is 564. The van der Waals surface area contributed by atoms with Crippen molar-refractivity contribution < 1.29 is 9.53 Å². The number of hydrogen-bond acceptors (Lipinski definition) is 2. The second-order valence-electron chi connectivity index (χ2n) is 4.26. The third kappa shape index (κ3) is 3.67. The van der Waals surface area contributed by atoms with Gasteiger partial charge in [0.25, 0.3) is 0 Å². The Balaban J connectivity index is 2.02. The molecule has 0 amide bonds. The molecule has 0 aliphatic rings. The number of Topliss-reactive ketones (excluding diaryl/α,β-unsaturated/α-hetero) is 1. The van der Waals surface area contributed by atoms with Gasteiger partial charge in [0.1, 0.15) is 5.75 Å². The summed E-state index contributed by atoms with van der Waals surface area (Å²) in [6.07, 6.45) is 1.28. The van der Waals surface area contributed by atoms with E-state index in [0.29, 0.717) is 12.0 Å². The van der Waals surface area contributed by atoms with Gasteiger partial charge in [-0.05, 0) is 46.1 Å². The first-order chi connectivity index (χ1) is 9.20. The maximum atomic E-state index is 12.1. The number of rotatable bonds is 5. The maximum Gasteiger partial charge on any atom is 0.163 e. The largest absolute Gasteiger partial charge is 0.496 e. The zero-order valence-corrected chi connectivity index (χ0v) is 12.3. The quantitative estimate of drug-likeness (QED) is 0.769. The molecule has 0 bridgehead atoms. The Kier molecular flexibility index (Phi) is 4.74. The molecule has 0 N–H and O–H groups in total. The second-order valence-corrected chi connectivity index (χ2v) is 5.11. The predicted molar refractivity (Wildman–Crippen MR) is 79.8 cm³/mol. The van der Waals surface area contributed by atoms with Crippen LogP contribution in [0.1, 0.15) is 22.3 Å². The molecular formula is C16H15BrO2. The highest BCUT2D eigenvalue weighted by molar-refractivity contribution is 9.10. The van der Waals surface area contributed by atoms with Gasteiger partial charge in [0.05, 0.1) is 11.6 Å². The lowest BCUT2D eigenvalue weighted by Crippen LogP contribution is -2.01. The summed E-state index contributed by atoms with van der Waals surface area (Å²) in [4.78, 5) is 12.1. The molecule has 19 heavy (non-hydrogen) atoms. The fourth-order valence-electron chi connectivity index (χ4n) is 1.89. The molecule has 2 aromatic rings. The Morgan fingerprint density at radius 3 is 2.53 bits per heavy atom. The number of ketones is 1. The number of carbonyl (C=O) groups is 1.